The van der Waals surface area contributed by atoms with Crippen molar-refractivity contribution in [2.45, 2.75) is 31.2 Å². The summed E-state index contributed by atoms with van der Waals surface area (Å²) >= 11 is 0. The third-order valence-electron chi connectivity index (χ3n) is 4.71. The van der Waals surface area contributed by atoms with Gasteiger partial charge in [0.2, 0.25) is 5.91 Å². The highest BCUT2D eigenvalue weighted by Crippen LogP contribution is 2.33. The van der Waals surface area contributed by atoms with Crippen molar-refractivity contribution in [2.75, 3.05) is 31.1 Å². The van der Waals surface area contributed by atoms with Crippen molar-refractivity contribution in [2.24, 2.45) is 5.73 Å². The summed E-state index contributed by atoms with van der Waals surface area (Å²) in [6.45, 7) is 2.90. The summed E-state index contributed by atoms with van der Waals surface area (Å²) in [4.78, 5) is 16.3. The van der Waals surface area contributed by atoms with Crippen LogP contribution in [0, 0.1) is 0 Å². The molecule has 2 aliphatic rings. The Morgan fingerprint density at radius 3 is 2.43 bits per heavy atom. The summed E-state index contributed by atoms with van der Waals surface area (Å²) in [5, 5.41) is 9.89. The first-order chi connectivity index (χ1) is 10.1. The number of amides is 1. The number of phenolic OH excluding ortho intramolecular Hbond substituents is 1. The van der Waals surface area contributed by atoms with Gasteiger partial charge in [-0.25, -0.2) is 0 Å². The summed E-state index contributed by atoms with van der Waals surface area (Å²) in [6.07, 6.45) is 3.56. The van der Waals surface area contributed by atoms with E-state index in [1.807, 2.05) is 23.1 Å². The number of rotatable bonds is 3. The van der Waals surface area contributed by atoms with Crippen LogP contribution in [-0.4, -0.2) is 47.6 Å². The molecular weight excluding hydrogens is 266 g/mol. The van der Waals surface area contributed by atoms with Crippen LogP contribution in [0.2, 0.25) is 0 Å². The number of piperazine rings is 1. The second kappa shape index (κ2) is 5.56. The zero-order valence-corrected chi connectivity index (χ0v) is 12.3. The molecule has 0 unspecified atom stereocenters. The molecule has 2 fully saturated rings. The zero-order chi connectivity index (χ0) is 14.9. The van der Waals surface area contributed by atoms with Gasteiger partial charge in [-0.15, -0.1) is 0 Å². The van der Waals surface area contributed by atoms with E-state index >= 15 is 0 Å². The summed E-state index contributed by atoms with van der Waals surface area (Å²) in [5.74, 6) is 0.474. The highest BCUT2D eigenvalue weighted by Gasteiger charge is 2.36. The first-order valence-electron chi connectivity index (χ1n) is 7.67. The number of nitrogens with two attached hydrogens (primary N) is 1. The Hall–Kier alpha value is -1.75. The molecule has 1 aliphatic carbocycles. The molecule has 0 radical (unpaired) electrons. The van der Waals surface area contributed by atoms with Gasteiger partial charge >= 0.3 is 0 Å². The number of anilines is 1. The Labute approximate surface area is 125 Å². The smallest absolute Gasteiger partial charge is 0.224 e. The largest absolute Gasteiger partial charge is 0.506 e. The third-order valence-corrected chi connectivity index (χ3v) is 4.71. The van der Waals surface area contributed by atoms with E-state index in [-0.39, 0.29) is 11.4 Å². The number of aromatic hydroxyl groups is 1. The Bertz CT molecular complexity index is 520. The third kappa shape index (κ3) is 2.97. The van der Waals surface area contributed by atoms with E-state index in [2.05, 4.69) is 4.90 Å². The van der Waals surface area contributed by atoms with E-state index in [4.69, 9.17) is 5.73 Å². The number of para-hydroxylation sites is 2. The topological polar surface area (TPSA) is 69.8 Å². The van der Waals surface area contributed by atoms with Gasteiger partial charge in [-0.1, -0.05) is 12.1 Å². The number of hydrogen-bond acceptors (Lipinski definition) is 4. The van der Waals surface area contributed by atoms with Crippen LogP contribution in [0.3, 0.4) is 0 Å². The van der Waals surface area contributed by atoms with Crippen molar-refractivity contribution >= 4 is 11.6 Å². The lowest BCUT2D eigenvalue weighted by Crippen LogP contribution is -2.54. The molecule has 1 amide bonds. The minimum Gasteiger partial charge on any atom is -0.506 e. The van der Waals surface area contributed by atoms with Gasteiger partial charge in [-0.2, -0.15) is 0 Å². The molecule has 3 N–H and O–H groups in total. The van der Waals surface area contributed by atoms with Gasteiger partial charge in [0.05, 0.1) is 5.69 Å². The van der Waals surface area contributed by atoms with Crippen LogP contribution in [-0.2, 0) is 4.79 Å². The molecule has 21 heavy (non-hydrogen) atoms. The standard InChI is InChI=1S/C16H23N3O2/c17-16(6-3-7-16)12-15(21)19-10-8-18(9-11-19)13-4-1-2-5-14(13)20/h1-2,4-5,20H,3,6-12,17H2. The number of nitrogens with zero attached hydrogens (tertiary/aromatic N) is 2. The lowest BCUT2D eigenvalue weighted by molar-refractivity contribution is -0.133. The van der Waals surface area contributed by atoms with Gasteiger partial charge in [0.15, 0.2) is 0 Å². The second-order valence-corrected chi connectivity index (χ2v) is 6.25. The molecule has 5 nitrogen and oxygen atoms in total. The molecule has 5 heteroatoms. The first kappa shape index (κ1) is 14.2. The van der Waals surface area contributed by atoms with Crippen LogP contribution >= 0.6 is 0 Å². The number of phenols is 1. The van der Waals surface area contributed by atoms with Gasteiger partial charge in [-0.05, 0) is 31.4 Å². The van der Waals surface area contributed by atoms with Crippen molar-refractivity contribution in [3.05, 3.63) is 24.3 Å². The molecule has 0 bridgehead atoms. The van der Waals surface area contributed by atoms with Gasteiger partial charge in [0.25, 0.3) is 0 Å². The fourth-order valence-corrected chi connectivity index (χ4v) is 3.15. The van der Waals surface area contributed by atoms with Crippen LogP contribution in [0.1, 0.15) is 25.7 Å². The number of carbonyl (C=O) groups excluding carboxylic acids is 1. The van der Waals surface area contributed by atoms with E-state index in [1.165, 1.54) is 0 Å². The Morgan fingerprint density at radius 1 is 1.19 bits per heavy atom. The summed E-state index contributed by atoms with van der Waals surface area (Å²) in [5.41, 5.74) is 6.76. The average molecular weight is 289 g/mol. The maximum atomic E-state index is 12.3. The summed E-state index contributed by atoms with van der Waals surface area (Å²) < 4.78 is 0. The highest BCUT2D eigenvalue weighted by molar-refractivity contribution is 5.78. The molecule has 1 aliphatic heterocycles. The monoisotopic (exact) mass is 289 g/mol. The highest BCUT2D eigenvalue weighted by atomic mass is 16.3. The molecule has 0 spiro atoms. The normalized spacial score (nSPS) is 21.0. The summed E-state index contributed by atoms with van der Waals surface area (Å²) in [6, 6.07) is 7.34. The Kier molecular flexibility index (Phi) is 3.76. The van der Waals surface area contributed by atoms with Crippen molar-refractivity contribution in [3.63, 3.8) is 0 Å². The molecule has 1 saturated carbocycles. The summed E-state index contributed by atoms with van der Waals surface area (Å²) in [7, 11) is 0. The van der Waals surface area contributed by atoms with Crippen molar-refractivity contribution < 1.29 is 9.90 Å². The minimum atomic E-state index is -0.244. The molecule has 1 heterocycles. The lowest BCUT2D eigenvalue weighted by atomic mass is 9.75. The predicted molar refractivity (Wildman–Crippen MR) is 82.3 cm³/mol. The van der Waals surface area contributed by atoms with Crippen molar-refractivity contribution in [1.82, 2.24) is 4.90 Å². The van der Waals surface area contributed by atoms with Crippen LogP contribution in [0.5, 0.6) is 5.75 Å². The number of hydrogen-bond donors (Lipinski definition) is 2. The molecule has 1 aromatic rings. The molecule has 0 atom stereocenters. The van der Waals surface area contributed by atoms with E-state index < -0.39 is 0 Å². The van der Waals surface area contributed by atoms with Crippen LogP contribution in [0.4, 0.5) is 5.69 Å². The second-order valence-electron chi connectivity index (χ2n) is 6.25. The van der Waals surface area contributed by atoms with Gasteiger partial charge < -0.3 is 20.6 Å². The maximum absolute atomic E-state index is 12.3. The van der Waals surface area contributed by atoms with Gasteiger partial charge in [0.1, 0.15) is 5.75 Å². The van der Waals surface area contributed by atoms with E-state index in [1.54, 1.807) is 6.07 Å². The Morgan fingerprint density at radius 2 is 1.86 bits per heavy atom. The molecule has 1 aromatic carbocycles. The van der Waals surface area contributed by atoms with E-state index in [9.17, 15) is 9.90 Å². The van der Waals surface area contributed by atoms with Crippen LogP contribution < -0.4 is 10.6 Å². The Balaban J connectivity index is 1.55. The van der Waals surface area contributed by atoms with Crippen molar-refractivity contribution in [1.29, 1.82) is 0 Å². The SMILES string of the molecule is NC1(CC(=O)N2CCN(c3ccccc3O)CC2)CCC1. The predicted octanol–water partition coefficient (Wildman–Crippen LogP) is 1.31. The van der Waals surface area contributed by atoms with Crippen molar-refractivity contribution in [3.8, 4) is 5.75 Å². The van der Waals surface area contributed by atoms with E-state index in [0.717, 1.165) is 38.0 Å². The maximum Gasteiger partial charge on any atom is 0.224 e. The van der Waals surface area contributed by atoms with E-state index in [0.29, 0.717) is 25.3 Å². The van der Waals surface area contributed by atoms with Crippen LogP contribution in [0.15, 0.2) is 24.3 Å². The van der Waals surface area contributed by atoms with Gasteiger partial charge in [-0.3, -0.25) is 4.79 Å². The molecule has 3 rings (SSSR count). The lowest BCUT2D eigenvalue weighted by Gasteiger charge is -2.41. The molecule has 0 aromatic heterocycles. The molecule has 114 valence electrons. The zero-order valence-electron chi connectivity index (χ0n) is 12.3. The minimum absolute atomic E-state index is 0.175. The fourth-order valence-electron chi connectivity index (χ4n) is 3.15. The molecular formula is C16H23N3O2. The quantitative estimate of drug-likeness (QED) is 0.880. The average Bonchev–Trinajstić information content (AvgIpc) is 2.46. The first-order valence-corrected chi connectivity index (χ1v) is 7.67. The number of benzene rings is 1. The number of carbonyl (C=O) groups is 1. The van der Waals surface area contributed by atoms with Gasteiger partial charge in [0, 0.05) is 38.1 Å². The fraction of sp³-hybridized carbons (Fsp3) is 0.562. The van der Waals surface area contributed by atoms with Crippen LogP contribution in [0.25, 0.3) is 0 Å². The molecule has 1 saturated heterocycles.